The number of nitrogens with zero attached hydrogens (tertiary/aromatic N) is 1. The lowest BCUT2D eigenvalue weighted by Gasteiger charge is -2.12. The van der Waals surface area contributed by atoms with E-state index < -0.39 is 17.9 Å². The van der Waals surface area contributed by atoms with Gasteiger partial charge in [-0.3, -0.25) is 4.79 Å². The van der Waals surface area contributed by atoms with Crippen LogP contribution in [0.25, 0.3) is 0 Å². The highest BCUT2D eigenvalue weighted by atomic mass is 16.4. The molecule has 1 aromatic heterocycles. The van der Waals surface area contributed by atoms with Crippen molar-refractivity contribution in [1.29, 1.82) is 0 Å². The Balaban J connectivity index is 2.70. The third kappa shape index (κ3) is 3.72. The summed E-state index contributed by atoms with van der Waals surface area (Å²) in [4.78, 5) is 26.1. The number of aliphatic hydroxyl groups is 1. The lowest BCUT2D eigenvalue weighted by atomic mass is 10.2. The van der Waals surface area contributed by atoms with Gasteiger partial charge >= 0.3 is 5.97 Å². The van der Waals surface area contributed by atoms with Crippen LogP contribution in [0, 0.1) is 0 Å². The molecule has 0 bridgehead atoms. The summed E-state index contributed by atoms with van der Waals surface area (Å²) in [5.41, 5.74) is 5.88. The molecule has 7 nitrogen and oxygen atoms in total. The van der Waals surface area contributed by atoms with Crippen LogP contribution in [-0.2, 0) is 4.79 Å². The maximum absolute atomic E-state index is 11.6. The topological polar surface area (TPSA) is 126 Å². The molecule has 0 radical (unpaired) electrons. The van der Waals surface area contributed by atoms with Crippen molar-refractivity contribution in [3.8, 4) is 0 Å². The summed E-state index contributed by atoms with van der Waals surface area (Å²) in [6, 6.07) is 1.75. The molecule has 1 aromatic rings. The van der Waals surface area contributed by atoms with E-state index in [9.17, 15) is 9.59 Å². The second-order valence-electron chi connectivity index (χ2n) is 3.35. The predicted molar refractivity (Wildman–Crippen MR) is 59.2 cm³/mol. The number of pyridine rings is 1. The van der Waals surface area contributed by atoms with E-state index in [4.69, 9.17) is 15.9 Å². The number of carboxylic acids is 1. The Labute approximate surface area is 97.3 Å². The van der Waals surface area contributed by atoms with Gasteiger partial charge < -0.3 is 21.3 Å². The summed E-state index contributed by atoms with van der Waals surface area (Å²) in [6.45, 7) is -0.327. The number of nitrogens with one attached hydrogen (secondary N) is 1. The molecule has 0 aromatic carbocycles. The first-order valence-corrected chi connectivity index (χ1v) is 4.90. The quantitative estimate of drug-likeness (QED) is 0.534. The third-order valence-corrected chi connectivity index (χ3v) is 2.04. The summed E-state index contributed by atoms with van der Waals surface area (Å²) >= 11 is 0. The van der Waals surface area contributed by atoms with Crippen molar-refractivity contribution in [2.75, 3.05) is 12.3 Å². The molecule has 1 rings (SSSR count). The zero-order chi connectivity index (χ0) is 12.8. The minimum Gasteiger partial charge on any atom is -0.480 e. The fraction of sp³-hybridized carbons (Fsp3) is 0.300. The summed E-state index contributed by atoms with van der Waals surface area (Å²) in [7, 11) is 0. The normalized spacial score (nSPS) is 11.8. The lowest BCUT2D eigenvalue weighted by molar-refractivity contribution is -0.139. The number of aliphatic hydroxyl groups excluding tert-OH is 1. The monoisotopic (exact) mass is 239 g/mol. The number of carbonyl (C=O) groups excluding carboxylic acids is 1. The highest BCUT2D eigenvalue weighted by Gasteiger charge is 2.20. The Morgan fingerprint density at radius 3 is 2.65 bits per heavy atom. The maximum atomic E-state index is 11.6. The van der Waals surface area contributed by atoms with E-state index in [1.54, 1.807) is 0 Å². The largest absolute Gasteiger partial charge is 0.480 e. The number of aliphatic carboxylic acids is 1. The fourth-order valence-electron chi connectivity index (χ4n) is 1.16. The zero-order valence-corrected chi connectivity index (χ0v) is 8.96. The minimum absolute atomic E-state index is 0.0595. The molecule has 0 aliphatic carbocycles. The van der Waals surface area contributed by atoms with E-state index in [1.807, 2.05) is 0 Å². The van der Waals surface area contributed by atoms with Gasteiger partial charge in [0.1, 0.15) is 11.7 Å². The fourth-order valence-corrected chi connectivity index (χ4v) is 1.16. The van der Waals surface area contributed by atoms with Gasteiger partial charge in [-0.25, -0.2) is 9.78 Å². The van der Waals surface area contributed by atoms with E-state index in [-0.39, 0.29) is 18.7 Å². The van der Waals surface area contributed by atoms with Gasteiger partial charge in [-0.05, 0) is 12.1 Å². The molecular weight excluding hydrogens is 226 g/mol. The summed E-state index contributed by atoms with van der Waals surface area (Å²) in [6.07, 6.45) is 1.24. The third-order valence-electron chi connectivity index (χ3n) is 2.04. The van der Waals surface area contributed by atoms with Gasteiger partial charge in [-0.15, -0.1) is 0 Å². The van der Waals surface area contributed by atoms with E-state index >= 15 is 0 Å². The van der Waals surface area contributed by atoms with Gasteiger partial charge in [0, 0.05) is 13.0 Å². The molecule has 0 aliphatic heterocycles. The smallest absolute Gasteiger partial charge is 0.326 e. The van der Waals surface area contributed by atoms with Crippen molar-refractivity contribution in [2.24, 2.45) is 0 Å². The maximum Gasteiger partial charge on any atom is 0.326 e. The SMILES string of the molecule is Nc1ccc(C(=O)NC(CCO)C(=O)O)nc1. The molecule has 7 heteroatoms. The van der Waals surface area contributed by atoms with Gasteiger partial charge in [0.25, 0.3) is 5.91 Å². The van der Waals surface area contributed by atoms with Gasteiger partial charge in [0.2, 0.25) is 0 Å². The molecule has 0 fully saturated rings. The van der Waals surface area contributed by atoms with Crippen LogP contribution in [0.1, 0.15) is 16.9 Å². The number of carboxylic acid groups (broad SMARTS) is 1. The van der Waals surface area contributed by atoms with Crippen LogP contribution in [0.5, 0.6) is 0 Å². The van der Waals surface area contributed by atoms with Crippen LogP contribution in [0.4, 0.5) is 5.69 Å². The number of amides is 1. The molecule has 0 saturated carbocycles. The molecule has 92 valence electrons. The first-order chi connectivity index (χ1) is 8.04. The van der Waals surface area contributed by atoms with E-state index in [2.05, 4.69) is 10.3 Å². The van der Waals surface area contributed by atoms with E-state index in [0.29, 0.717) is 5.69 Å². The van der Waals surface area contributed by atoms with Crippen molar-refractivity contribution in [1.82, 2.24) is 10.3 Å². The van der Waals surface area contributed by atoms with Gasteiger partial charge in [-0.2, -0.15) is 0 Å². The Hall–Kier alpha value is -2.15. The lowest BCUT2D eigenvalue weighted by Crippen LogP contribution is -2.41. The Morgan fingerprint density at radius 1 is 1.47 bits per heavy atom. The van der Waals surface area contributed by atoms with Crippen LogP contribution in [-0.4, -0.2) is 39.7 Å². The standard InChI is InChI=1S/C10H13N3O4/c11-6-1-2-7(12-5-6)9(15)13-8(3-4-14)10(16)17/h1-2,5,8,14H,3-4,11H2,(H,13,15)(H,16,17). The van der Waals surface area contributed by atoms with E-state index in [1.165, 1.54) is 18.3 Å². The molecule has 0 aliphatic rings. The summed E-state index contributed by atoms with van der Waals surface area (Å²) < 4.78 is 0. The van der Waals surface area contributed by atoms with Gasteiger partial charge in [0.15, 0.2) is 0 Å². The summed E-state index contributed by atoms with van der Waals surface area (Å²) in [5, 5.41) is 19.7. The van der Waals surface area contributed by atoms with Crippen molar-refractivity contribution in [2.45, 2.75) is 12.5 Å². The number of hydrogen-bond acceptors (Lipinski definition) is 5. The highest BCUT2D eigenvalue weighted by molar-refractivity contribution is 5.95. The van der Waals surface area contributed by atoms with Crippen LogP contribution in [0.2, 0.25) is 0 Å². The zero-order valence-electron chi connectivity index (χ0n) is 8.96. The number of anilines is 1. The highest BCUT2D eigenvalue weighted by Crippen LogP contribution is 2.02. The van der Waals surface area contributed by atoms with Crippen molar-refractivity contribution in [3.05, 3.63) is 24.0 Å². The van der Waals surface area contributed by atoms with Gasteiger partial charge in [0.05, 0.1) is 11.9 Å². The van der Waals surface area contributed by atoms with Crippen LogP contribution >= 0.6 is 0 Å². The molecular formula is C10H13N3O4. The second kappa shape index (κ2) is 5.80. The molecule has 5 N–H and O–H groups in total. The average molecular weight is 239 g/mol. The first kappa shape index (κ1) is 12.9. The molecule has 0 saturated heterocycles. The Kier molecular flexibility index (Phi) is 4.41. The predicted octanol–water partition coefficient (Wildman–Crippen LogP) is -0.771. The van der Waals surface area contributed by atoms with Gasteiger partial charge in [-0.1, -0.05) is 0 Å². The van der Waals surface area contributed by atoms with Crippen LogP contribution in [0.15, 0.2) is 18.3 Å². The Morgan fingerprint density at radius 2 is 2.18 bits per heavy atom. The minimum atomic E-state index is -1.21. The molecule has 0 spiro atoms. The second-order valence-corrected chi connectivity index (χ2v) is 3.35. The molecule has 1 amide bonds. The number of hydrogen-bond donors (Lipinski definition) is 4. The average Bonchev–Trinajstić information content (AvgIpc) is 2.29. The molecule has 17 heavy (non-hydrogen) atoms. The van der Waals surface area contributed by atoms with E-state index in [0.717, 1.165) is 0 Å². The number of rotatable bonds is 5. The molecule has 1 unspecified atom stereocenters. The number of nitrogen functional groups attached to an aromatic ring is 1. The molecule has 1 heterocycles. The number of nitrogens with two attached hydrogens (primary N) is 1. The summed E-state index contributed by atoms with van der Waals surface area (Å²) in [5.74, 6) is -1.83. The number of carbonyl (C=O) groups is 2. The number of aromatic nitrogens is 1. The van der Waals surface area contributed by atoms with Crippen molar-refractivity contribution >= 4 is 17.6 Å². The van der Waals surface area contributed by atoms with Crippen molar-refractivity contribution < 1.29 is 19.8 Å². The molecule has 1 atom stereocenters. The van der Waals surface area contributed by atoms with Crippen LogP contribution in [0.3, 0.4) is 0 Å². The Bertz CT molecular complexity index is 405. The van der Waals surface area contributed by atoms with Crippen LogP contribution < -0.4 is 11.1 Å². The van der Waals surface area contributed by atoms with Crippen molar-refractivity contribution in [3.63, 3.8) is 0 Å². The first-order valence-electron chi connectivity index (χ1n) is 4.90.